The monoisotopic (exact) mass is 500 g/mol. The summed E-state index contributed by atoms with van der Waals surface area (Å²) < 4.78 is 34.3. The molecule has 0 spiro atoms. The maximum Gasteiger partial charge on any atom is 0.387 e. The molecule has 1 aliphatic rings. The third kappa shape index (κ3) is 5.48. The van der Waals surface area contributed by atoms with Gasteiger partial charge >= 0.3 is 12.6 Å². The largest absolute Gasteiger partial charge is 0.452 e. The second-order valence-electron chi connectivity index (χ2n) is 8.44. The fourth-order valence-electron chi connectivity index (χ4n) is 4.38. The average molecular weight is 501 g/mol. The van der Waals surface area contributed by atoms with Crippen molar-refractivity contribution in [3.8, 4) is 5.75 Å². The molecule has 1 aliphatic carbocycles. The number of benzene rings is 3. The zero-order chi connectivity index (χ0) is 25.8. The Morgan fingerprint density at radius 1 is 0.946 bits per heavy atom. The number of aromatic nitrogens is 1. The SMILES string of the molecule is O=C(COC(=O)c1c2c(nc3ccccc13)/C(=C\c1ccccc1)CC2)Nc1ccc(OC(F)F)cc1. The minimum atomic E-state index is -2.93. The number of anilines is 1. The van der Waals surface area contributed by atoms with Gasteiger partial charge in [-0.2, -0.15) is 8.78 Å². The van der Waals surface area contributed by atoms with E-state index in [9.17, 15) is 18.4 Å². The molecule has 5 rings (SSSR count). The summed E-state index contributed by atoms with van der Waals surface area (Å²) >= 11 is 0. The highest BCUT2D eigenvalue weighted by atomic mass is 19.3. The summed E-state index contributed by atoms with van der Waals surface area (Å²) in [4.78, 5) is 30.5. The topological polar surface area (TPSA) is 77.5 Å². The maximum atomic E-state index is 13.3. The molecule has 0 bridgehead atoms. The van der Waals surface area contributed by atoms with Gasteiger partial charge in [-0.1, -0.05) is 48.5 Å². The quantitative estimate of drug-likeness (QED) is 0.310. The molecule has 1 aromatic heterocycles. The van der Waals surface area contributed by atoms with E-state index in [1.165, 1.54) is 24.3 Å². The van der Waals surface area contributed by atoms with Crippen LogP contribution in [-0.4, -0.2) is 30.1 Å². The Labute approximate surface area is 211 Å². The number of hydrogen-bond donors (Lipinski definition) is 1. The van der Waals surface area contributed by atoms with E-state index in [2.05, 4.69) is 16.1 Å². The molecule has 1 amide bonds. The summed E-state index contributed by atoms with van der Waals surface area (Å²) in [6.45, 7) is -3.44. The van der Waals surface area contributed by atoms with Crippen LogP contribution in [0.5, 0.6) is 5.75 Å². The number of nitrogens with zero attached hydrogens (tertiary/aromatic N) is 1. The zero-order valence-electron chi connectivity index (χ0n) is 19.6. The van der Waals surface area contributed by atoms with Crippen LogP contribution in [0.15, 0.2) is 78.9 Å². The number of carbonyl (C=O) groups is 2. The van der Waals surface area contributed by atoms with Gasteiger partial charge in [0.15, 0.2) is 6.61 Å². The lowest BCUT2D eigenvalue weighted by molar-refractivity contribution is -0.119. The van der Waals surface area contributed by atoms with Gasteiger partial charge in [0.1, 0.15) is 5.75 Å². The molecule has 0 saturated carbocycles. The number of ether oxygens (including phenoxy) is 2. The minimum Gasteiger partial charge on any atom is -0.452 e. The van der Waals surface area contributed by atoms with E-state index < -0.39 is 25.1 Å². The number of amides is 1. The Hall–Kier alpha value is -4.59. The number of fused-ring (bicyclic) bond motifs is 2. The molecule has 37 heavy (non-hydrogen) atoms. The van der Waals surface area contributed by atoms with Gasteiger partial charge in [0.05, 0.1) is 16.8 Å². The van der Waals surface area contributed by atoms with E-state index in [4.69, 9.17) is 9.72 Å². The van der Waals surface area contributed by atoms with Gasteiger partial charge in [-0.05, 0) is 65.9 Å². The minimum absolute atomic E-state index is 0.0291. The van der Waals surface area contributed by atoms with Gasteiger partial charge in [-0.25, -0.2) is 9.78 Å². The number of alkyl halides is 2. The highest BCUT2D eigenvalue weighted by Gasteiger charge is 2.28. The summed E-state index contributed by atoms with van der Waals surface area (Å²) in [6, 6.07) is 22.7. The number of allylic oxidation sites excluding steroid dienone is 1. The molecule has 6 nitrogen and oxygen atoms in total. The summed E-state index contributed by atoms with van der Waals surface area (Å²) in [7, 11) is 0. The van der Waals surface area contributed by atoms with E-state index >= 15 is 0 Å². The number of rotatable bonds is 7. The molecule has 0 aliphatic heterocycles. The van der Waals surface area contributed by atoms with Crippen LogP contribution in [0.25, 0.3) is 22.6 Å². The lowest BCUT2D eigenvalue weighted by Gasteiger charge is -2.13. The molecule has 0 fully saturated rings. The van der Waals surface area contributed by atoms with Crippen molar-refractivity contribution < 1.29 is 27.8 Å². The number of para-hydroxylation sites is 1. The second-order valence-corrected chi connectivity index (χ2v) is 8.44. The van der Waals surface area contributed by atoms with Crippen LogP contribution in [0.3, 0.4) is 0 Å². The van der Waals surface area contributed by atoms with Crippen molar-refractivity contribution in [3.05, 3.63) is 101 Å². The smallest absolute Gasteiger partial charge is 0.387 e. The molecule has 3 aromatic carbocycles. The highest BCUT2D eigenvalue weighted by molar-refractivity contribution is 6.08. The molecule has 1 N–H and O–H groups in total. The van der Waals surface area contributed by atoms with E-state index in [-0.39, 0.29) is 5.75 Å². The molecule has 8 heteroatoms. The molecule has 0 saturated heterocycles. The Morgan fingerprint density at radius 2 is 1.68 bits per heavy atom. The van der Waals surface area contributed by atoms with E-state index in [0.29, 0.717) is 28.6 Å². The van der Waals surface area contributed by atoms with Crippen molar-refractivity contribution in [2.45, 2.75) is 19.5 Å². The molecule has 1 heterocycles. The van der Waals surface area contributed by atoms with Gasteiger partial charge in [0.2, 0.25) is 0 Å². The van der Waals surface area contributed by atoms with Crippen molar-refractivity contribution >= 4 is 40.1 Å². The maximum absolute atomic E-state index is 13.3. The Kier molecular flexibility index (Phi) is 6.89. The van der Waals surface area contributed by atoms with Crippen LogP contribution in [-0.2, 0) is 16.0 Å². The fraction of sp³-hybridized carbons (Fsp3) is 0.138. The predicted molar refractivity (Wildman–Crippen MR) is 136 cm³/mol. The van der Waals surface area contributed by atoms with E-state index in [1.807, 2.05) is 54.6 Å². The van der Waals surface area contributed by atoms with Crippen molar-refractivity contribution in [2.24, 2.45) is 0 Å². The van der Waals surface area contributed by atoms with Gasteiger partial charge in [0.25, 0.3) is 5.91 Å². The molecule has 4 aromatic rings. The van der Waals surface area contributed by atoms with Crippen molar-refractivity contribution in [2.75, 3.05) is 11.9 Å². The van der Waals surface area contributed by atoms with Crippen LogP contribution < -0.4 is 10.1 Å². The first-order valence-electron chi connectivity index (χ1n) is 11.7. The normalized spacial score (nSPS) is 13.5. The Morgan fingerprint density at radius 3 is 2.43 bits per heavy atom. The van der Waals surface area contributed by atoms with Crippen LogP contribution in [0, 0.1) is 0 Å². The summed E-state index contributed by atoms with van der Waals surface area (Å²) in [5.74, 6) is -1.19. The van der Waals surface area contributed by atoms with E-state index in [0.717, 1.165) is 28.8 Å². The molecular formula is C29H22F2N2O4. The van der Waals surface area contributed by atoms with Crippen molar-refractivity contribution in [1.82, 2.24) is 4.98 Å². The van der Waals surface area contributed by atoms with Gasteiger partial charge < -0.3 is 14.8 Å². The zero-order valence-corrected chi connectivity index (χ0v) is 19.6. The average Bonchev–Trinajstić information content (AvgIpc) is 3.29. The molecular weight excluding hydrogens is 478 g/mol. The van der Waals surface area contributed by atoms with Crippen molar-refractivity contribution in [3.63, 3.8) is 0 Å². The number of esters is 1. The molecule has 186 valence electrons. The number of pyridine rings is 1. The van der Waals surface area contributed by atoms with E-state index in [1.54, 1.807) is 0 Å². The second kappa shape index (κ2) is 10.6. The lowest BCUT2D eigenvalue weighted by Crippen LogP contribution is -2.21. The first-order chi connectivity index (χ1) is 18.0. The highest BCUT2D eigenvalue weighted by Crippen LogP contribution is 2.37. The number of carbonyl (C=O) groups excluding carboxylic acids is 2. The van der Waals surface area contributed by atoms with Gasteiger partial charge in [-0.3, -0.25) is 4.79 Å². The molecule has 0 radical (unpaired) electrons. The number of halogens is 2. The predicted octanol–water partition coefficient (Wildman–Crippen LogP) is 6.12. The number of hydrogen-bond acceptors (Lipinski definition) is 5. The van der Waals surface area contributed by atoms with Crippen molar-refractivity contribution in [1.29, 1.82) is 0 Å². The van der Waals surface area contributed by atoms with Crippen LogP contribution >= 0.6 is 0 Å². The Bertz CT molecular complexity index is 1490. The van der Waals surface area contributed by atoms with Crippen LogP contribution in [0.4, 0.5) is 14.5 Å². The molecule has 0 unspecified atom stereocenters. The van der Waals surface area contributed by atoms with Gasteiger partial charge in [0, 0.05) is 11.1 Å². The summed E-state index contributed by atoms with van der Waals surface area (Å²) in [5, 5.41) is 3.24. The Balaban J connectivity index is 1.35. The lowest BCUT2D eigenvalue weighted by atomic mass is 10.0. The van der Waals surface area contributed by atoms with Crippen LogP contribution in [0.1, 0.15) is 33.6 Å². The first kappa shape index (κ1) is 24.1. The number of nitrogens with one attached hydrogen (secondary N) is 1. The van der Waals surface area contributed by atoms with Crippen LogP contribution in [0.2, 0.25) is 0 Å². The van der Waals surface area contributed by atoms with Gasteiger partial charge in [-0.15, -0.1) is 0 Å². The third-order valence-electron chi connectivity index (χ3n) is 5.98. The fourth-order valence-corrected chi connectivity index (χ4v) is 4.38. The summed E-state index contributed by atoms with van der Waals surface area (Å²) in [6.07, 6.45) is 3.45. The standard InChI is InChI=1S/C29H22F2N2O4/c30-29(31)37-21-13-11-20(12-14-21)32-25(34)17-36-28(35)26-22-8-4-5-9-24(22)33-27-19(10-15-23(26)27)16-18-6-2-1-3-7-18/h1-9,11-14,16,29H,10,15,17H2,(H,32,34)/b19-16-. The summed E-state index contributed by atoms with van der Waals surface area (Å²) in [5.41, 5.74) is 5.11. The molecule has 0 atom stereocenters. The first-order valence-corrected chi connectivity index (χ1v) is 11.7. The third-order valence-corrected chi connectivity index (χ3v) is 5.98.